The third kappa shape index (κ3) is 5.55. The molecule has 0 bridgehead atoms. The molecule has 2 fully saturated rings. The van der Waals surface area contributed by atoms with Crippen molar-refractivity contribution in [3.63, 3.8) is 0 Å². The van der Waals surface area contributed by atoms with Gasteiger partial charge < -0.3 is 24.6 Å². The number of benzene rings is 1. The van der Waals surface area contributed by atoms with Crippen molar-refractivity contribution in [3.8, 4) is 5.75 Å². The van der Waals surface area contributed by atoms with Gasteiger partial charge in [0.05, 0.1) is 18.1 Å². The van der Waals surface area contributed by atoms with E-state index >= 15 is 0 Å². The number of ether oxygens (including phenoxy) is 2. The summed E-state index contributed by atoms with van der Waals surface area (Å²) in [6, 6.07) is 7.00. The van der Waals surface area contributed by atoms with Crippen LogP contribution in [-0.2, 0) is 14.3 Å². The Labute approximate surface area is 183 Å². The number of carbonyl (C=O) groups is 3. The molecule has 2 aliphatic rings. The molecule has 1 N–H and O–H groups in total. The van der Waals surface area contributed by atoms with Gasteiger partial charge in [0.1, 0.15) is 12.4 Å². The Bertz CT molecular complexity index is 784. The van der Waals surface area contributed by atoms with Gasteiger partial charge in [-0.25, -0.2) is 0 Å². The minimum absolute atomic E-state index is 0.0358. The maximum absolute atomic E-state index is 13.3. The van der Waals surface area contributed by atoms with E-state index in [1.807, 2.05) is 13.0 Å². The van der Waals surface area contributed by atoms with Crippen LogP contribution in [0.25, 0.3) is 0 Å². The molecule has 1 aliphatic heterocycles. The highest BCUT2D eigenvalue weighted by molar-refractivity contribution is 5.97. The molecule has 8 nitrogen and oxygen atoms in total. The molecule has 1 aliphatic carbocycles. The maximum atomic E-state index is 13.3. The third-order valence-electron chi connectivity index (χ3n) is 6.05. The van der Waals surface area contributed by atoms with Gasteiger partial charge in [0.25, 0.3) is 5.91 Å². The molecule has 3 rings (SSSR count). The van der Waals surface area contributed by atoms with Crippen LogP contribution in [0.2, 0.25) is 0 Å². The Hall–Kier alpha value is -2.61. The number of amides is 3. The summed E-state index contributed by atoms with van der Waals surface area (Å²) in [4.78, 5) is 42.5. The van der Waals surface area contributed by atoms with E-state index in [2.05, 4.69) is 5.32 Å². The highest BCUT2D eigenvalue weighted by Gasteiger charge is 2.38. The minimum atomic E-state index is -0.213. The Morgan fingerprint density at radius 1 is 1.13 bits per heavy atom. The van der Waals surface area contributed by atoms with Gasteiger partial charge in [-0.05, 0) is 31.9 Å². The van der Waals surface area contributed by atoms with Crippen molar-refractivity contribution >= 4 is 17.7 Å². The lowest BCUT2D eigenvalue weighted by molar-refractivity contribution is -0.142. The Morgan fingerprint density at radius 2 is 1.90 bits per heavy atom. The SMILES string of the molecule is CCOc1ccccc1C(=O)N1CCNC(=O)C2CCCCC2N(C(=O)COC)CC1. The summed E-state index contributed by atoms with van der Waals surface area (Å²) in [5, 5.41) is 2.99. The van der Waals surface area contributed by atoms with E-state index in [1.165, 1.54) is 7.11 Å². The predicted octanol–water partition coefficient (Wildman–Crippen LogP) is 1.69. The number of hydrogen-bond donors (Lipinski definition) is 1. The number of carbonyl (C=O) groups excluding carboxylic acids is 3. The number of nitrogens with zero attached hydrogens (tertiary/aromatic N) is 2. The number of rotatable bonds is 5. The summed E-state index contributed by atoms with van der Waals surface area (Å²) >= 11 is 0. The van der Waals surface area contributed by atoms with Gasteiger partial charge in [-0.2, -0.15) is 0 Å². The molecule has 31 heavy (non-hydrogen) atoms. The summed E-state index contributed by atoms with van der Waals surface area (Å²) < 4.78 is 10.7. The normalized spacial score (nSPS) is 22.3. The van der Waals surface area contributed by atoms with Gasteiger partial charge in [0.15, 0.2) is 0 Å². The molecule has 170 valence electrons. The topological polar surface area (TPSA) is 88.2 Å². The van der Waals surface area contributed by atoms with Gasteiger partial charge in [-0.15, -0.1) is 0 Å². The van der Waals surface area contributed by atoms with Gasteiger partial charge in [-0.1, -0.05) is 25.0 Å². The van der Waals surface area contributed by atoms with E-state index < -0.39 is 0 Å². The van der Waals surface area contributed by atoms with E-state index in [1.54, 1.807) is 28.0 Å². The molecule has 1 aromatic rings. The molecular weight excluding hydrogens is 398 g/mol. The lowest BCUT2D eigenvalue weighted by Gasteiger charge is -2.41. The fraction of sp³-hybridized carbons (Fsp3) is 0.609. The Morgan fingerprint density at radius 3 is 2.68 bits per heavy atom. The van der Waals surface area contributed by atoms with Crippen LogP contribution >= 0.6 is 0 Å². The summed E-state index contributed by atoms with van der Waals surface area (Å²) in [5.74, 6) is -0.0247. The first-order valence-corrected chi connectivity index (χ1v) is 11.1. The van der Waals surface area contributed by atoms with E-state index in [0.717, 1.165) is 25.7 Å². The first-order chi connectivity index (χ1) is 15.1. The van der Waals surface area contributed by atoms with Crippen LogP contribution in [0.5, 0.6) is 5.75 Å². The average Bonchev–Trinajstić information content (AvgIpc) is 2.78. The van der Waals surface area contributed by atoms with Gasteiger partial charge in [-0.3, -0.25) is 14.4 Å². The summed E-state index contributed by atoms with van der Waals surface area (Å²) in [7, 11) is 1.49. The van der Waals surface area contributed by atoms with Crippen molar-refractivity contribution < 1.29 is 23.9 Å². The fourth-order valence-corrected chi connectivity index (χ4v) is 4.56. The van der Waals surface area contributed by atoms with Crippen LogP contribution in [0.1, 0.15) is 43.0 Å². The highest BCUT2D eigenvalue weighted by atomic mass is 16.5. The average molecular weight is 432 g/mol. The quantitative estimate of drug-likeness (QED) is 0.767. The standard InChI is InChI=1S/C23H33N3O5/c1-3-31-20-11-7-5-9-18(20)23(29)25-13-12-24-22(28)17-8-4-6-10-19(17)26(15-14-25)21(27)16-30-2/h5,7,9,11,17,19H,3-4,6,8,10,12-16H2,1-2H3,(H,24,28). The first kappa shape index (κ1) is 23.1. The maximum Gasteiger partial charge on any atom is 0.257 e. The number of hydrogen-bond acceptors (Lipinski definition) is 5. The minimum Gasteiger partial charge on any atom is -0.493 e. The van der Waals surface area contributed by atoms with Crippen LogP contribution in [0.3, 0.4) is 0 Å². The lowest BCUT2D eigenvalue weighted by atomic mass is 9.82. The van der Waals surface area contributed by atoms with Gasteiger partial charge in [0, 0.05) is 39.3 Å². The Balaban J connectivity index is 1.85. The number of methoxy groups -OCH3 is 1. The summed E-state index contributed by atoms with van der Waals surface area (Å²) in [6.45, 7) is 3.81. The van der Waals surface area contributed by atoms with Crippen molar-refractivity contribution in [1.29, 1.82) is 0 Å². The van der Waals surface area contributed by atoms with Crippen molar-refractivity contribution in [2.45, 2.75) is 38.6 Å². The lowest BCUT2D eigenvalue weighted by Crippen LogP contribution is -2.56. The summed E-state index contributed by atoms with van der Waals surface area (Å²) in [5.41, 5.74) is 0.484. The molecule has 1 aromatic carbocycles. The second-order valence-corrected chi connectivity index (χ2v) is 7.99. The fourth-order valence-electron chi connectivity index (χ4n) is 4.56. The second-order valence-electron chi connectivity index (χ2n) is 7.99. The van der Waals surface area contributed by atoms with E-state index in [4.69, 9.17) is 9.47 Å². The third-order valence-corrected chi connectivity index (χ3v) is 6.05. The van der Waals surface area contributed by atoms with E-state index in [9.17, 15) is 14.4 Å². The van der Waals surface area contributed by atoms with E-state index in [-0.39, 0.29) is 36.3 Å². The Kier molecular flexibility index (Phi) is 8.28. The van der Waals surface area contributed by atoms with Gasteiger partial charge >= 0.3 is 0 Å². The zero-order valence-corrected chi connectivity index (χ0v) is 18.5. The molecule has 0 spiro atoms. The molecule has 3 amide bonds. The zero-order chi connectivity index (χ0) is 22.2. The molecule has 8 heteroatoms. The number of para-hydroxylation sites is 1. The first-order valence-electron chi connectivity index (χ1n) is 11.1. The predicted molar refractivity (Wildman–Crippen MR) is 116 cm³/mol. The van der Waals surface area contributed by atoms with Crippen LogP contribution in [0.15, 0.2) is 24.3 Å². The van der Waals surface area contributed by atoms with Crippen LogP contribution in [-0.4, -0.2) is 80.1 Å². The largest absolute Gasteiger partial charge is 0.493 e. The summed E-state index contributed by atoms with van der Waals surface area (Å²) in [6.07, 6.45) is 3.53. The monoisotopic (exact) mass is 431 g/mol. The van der Waals surface area contributed by atoms with Crippen molar-refractivity contribution in [2.75, 3.05) is 46.5 Å². The molecule has 1 saturated carbocycles. The molecule has 1 heterocycles. The van der Waals surface area contributed by atoms with E-state index in [0.29, 0.717) is 44.1 Å². The highest BCUT2D eigenvalue weighted by Crippen LogP contribution is 2.29. The van der Waals surface area contributed by atoms with Crippen LogP contribution in [0.4, 0.5) is 0 Å². The number of fused-ring (bicyclic) bond motifs is 1. The molecule has 0 radical (unpaired) electrons. The van der Waals surface area contributed by atoms with Crippen molar-refractivity contribution in [3.05, 3.63) is 29.8 Å². The second kappa shape index (κ2) is 11.1. The van der Waals surface area contributed by atoms with Crippen LogP contribution in [0, 0.1) is 5.92 Å². The van der Waals surface area contributed by atoms with Crippen LogP contribution < -0.4 is 10.1 Å². The van der Waals surface area contributed by atoms with Crippen molar-refractivity contribution in [2.24, 2.45) is 5.92 Å². The molecule has 2 atom stereocenters. The molecule has 1 saturated heterocycles. The molecule has 2 unspecified atom stereocenters. The van der Waals surface area contributed by atoms with Crippen molar-refractivity contribution in [1.82, 2.24) is 15.1 Å². The zero-order valence-electron chi connectivity index (χ0n) is 18.5. The molecular formula is C23H33N3O5. The number of nitrogens with one attached hydrogen (secondary N) is 1. The smallest absolute Gasteiger partial charge is 0.257 e. The van der Waals surface area contributed by atoms with Gasteiger partial charge in [0.2, 0.25) is 11.8 Å². The molecule has 0 aromatic heterocycles.